The molecule has 1 N–H and O–H groups in total. The standard InChI is InChI=1S/C11H20N2O/c14-11(12-9-10-5-4-6-10)13-7-2-1-3-8-13/h10H,1-9H2,(H,12,14). The lowest BCUT2D eigenvalue weighted by atomic mass is 9.85. The summed E-state index contributed by atoms with van der Waals surface area (Å²) in [6.45, 7) is 2.81. The molecule has 0 spiro atoms. The van der Waals surface area contributed by atoms with E-state index in [0.29, 0.717) is 0 Å². The summed E-state index contributed by atoms with van der Waals surface area (Å²) in [6.07, 6.45) is 7.60. The van der Waals surface area contributed by atoms with Gasteiger partial charge >= 0.3 is 6.03 Å². The predicted molar refractivity (Wildman–Crippen MR) is 56.2 cm³/mol. The van der Waals surface area contributed by atoms with E-state index in [4.69, 9.17) is 0 Å². The summed E-state index contributed by atoms with van der Waals surface area (Å²) in [5.41, 5.74) is 0. The van der Waals surface area contributed by atoms with Gasteiger partial charge in [-0.05, 0) is 38.0 Å². The molecule has 0 aromatic carbocycles. The second-order valence-corrected chi connectivity index (χ2v) is 4.53. The first-order valence-corrected chi connectivity index (χ1v) is 5.89. The van der Waals surface area contributed by atoms with Gasteiger partial charge in [-0.15, -0.1) is 0 Å². The number of piperidine rings is 1. The molecule has 3 nitrogen and oxygen atoms in total. The lowest BCUT2D eigenvalue weighted by Crippen LogP contribution is -2.44. The van der Waals surface area contributed by atoms with Crippen molar-refractivity contribution in [3.8, 4) is 0 Å². The Morgan fingerprint density at radius 3 is 2.43 bits per heavy atom. The predicted octanol–water partition coefficient (Wildman–Crippen LogP) is 1.98. The van der Waals surface area contributed by atoms with E-state index in [9.17, 15) is 4.79 Å². The van der Waals surface area contributed by atoms with Gasteiger partial charge in [0.1, 0.15) is 0 Å². The SMILES string of the molecule is O=C(NCC1CCC1)N1CCCCC1. The van der Waals surface area contributed by atoms with Crippen LogP contribution in [0.3, 0.4) is 0 Å². The van der Waals surface area contributed by atoms with Crippen LogP contribution in [0.25, 0.3) is 0 Å². The fourth-order valence-electron chi connectivity index (χ4n) is 2.14. The minimum atomic E-state index is 0.164. The highest BCUT2D eigenvalue weighted by Gasteiger charge is 2.20. The van der Waals surface area contributed by atoms with Crippen molar-refractivity contribution in [1.29, 1.82) is 0 Å². The van der Waals surface area contributed by atoms with Crippen LogP contribution in [-0.2, 0) is 0 Å². The maximum absolute atomic E-state index is 11.7. The monoisotopic (exact) mass is 196 g/mol. The Bertz CT molecular complexity index is 195. The Hall–Kier alpha value is -0.730. The summed E-state index contributed by atoms with van der Waals surface area (Å²) < 4.78 is 0. The molecule has 1 saturated heterocycles. The average Bonchev–Trinajstić information content (AvgIpc) is 2.16. The van der Waals surface area contributed by atoms with Gasteiger partial charge in [0.05, 0.1) is 0 Å². The first-order valence-electron chi connectivity index (χ1n) is 5.89. The third-order valence-electron chi connectivity index (χ3n) is 3.41. The molecule has 2 aliphatic rings. The molecule has 2 fully saturated rings. The smallest absolute Gasteiger partial charge is 0.317 e. The molecule has 80 valence electrons. The third kappa shape index (κ3) is 2.40. The molecule has 1 aliphatic heterocycles. The topological polar surface area (TPSA) is 32.3 Å². The van der Waals surface area contributed by atoms with Gasteiger partial charge in [0.15, 0.2) is 0 Å². The van der Waals surface area contributed by atoms with E-state index in [-0.39, 0.29) is 6.03 Å². The fraction of sp³-hybridized carbons (Fsp3) is 0.909. The number of hydrogen-bond donors (Lipinski definition) is 1. The fourth-order valence-corrected chi connectivity index (χ4v) is 2.14. The molecule has 1 heterocycles. The lowest BCUT2D eigenvalue weighted by molar-refractivity contribution is 0.181. The Morgan fingerprint density at radius 2 is 1.86 bits per heavy atom. The van der Waals surface area contributed by atoms with Crippen LogP contribution in [0.15, 0.2) is 0 Å². The molecule has 1 aliphatic carbocycles. The molecule has 14 heavy (non-hydrogen) atoms. The number of urea groups is 1. The van der Waals surface area contributed by atoms with Gasteiger partial charge in [-0.1, -0.05) is 6.42 Å². The number of nitrogens with one attached hydrogen (secondary N) is 1. The molecule has 0 bridgehead atoms. The van der Waals surface area contributed by atoms with Crippen molar-refractivity contribution in [2.45, 2.75) is 38.5 Å². The van der Waals surface area contributed by atoms with E-state index < -0.39 is 0 Å². The first-order chi connectivity index (χ1) is 6.86. The Balaban J connectivity index is 1.65. The number of rotatable bonds is 2. The molecule has 1 saturated carbocycles. The van der Waals surface area contributed by atoms with Gasteiger partial charge in [0, 0.05) is 19.6 Å². The highest BCUT2D eigenvalue weighted by Crippen LogP contribution is 2.25. The van der Waals surface area contributed by atoms with Crippen molar-refractivity contribution < 1.29 is 4.79 Å². The van der Waals surface area contributed by atoms with Crippen LogP contribution < -0.4 is 5.32 Å². The number of carbonyl (C=O) groups excluding carboxylic acids is 1. The Kier molecular flexibility index (Phi) is 3.27. The molecule has 0 aromatic rings. The number of amides is 2. The third-order valence-corrected chi connectivity index (χ3v) is 3.41. The molecule has 0 aromatic heterocycles. The average molecular weight is 196 g/mol. The quantitative estimate of drug-likeness (QED) is 0.719. The van der Waals surface area contributed by atoms with Crippen LogP contribution in [0.4, 0.5) is 4.79 Å². The van der Waals surface area contributed by atoms with Gasteiger partial charge in [-0.25, -0.2) is 4.79 Å². The molecular weight excluding hydrogens is 176 g/mol. The molecular formula is C11H20N2O. The van der Waals surface area contributed by atoms with Crippen molar-refractivity contribution in [3.05, 3.63) is 0 Å². The minimum Gasteiger partial charge on any atom is -0.338 e. The van der Waals surface area contributed by atoms with Crippen LogP contribution in [0.2, 0.25) is 0 Å². The molecule has 0 unspecified atom stereocenters. The van der Waals surface area contributed by atoms with Crippen LogP contribution in [0.1, 0.15) is 38.5 Å². The van der Waals surface area contributed by atoms with E-state index in [2.05, 4.69) is 5.32 Å². The second-order valence-electron chi connectivity index (χ2n) is 4.53. The molecule has 2 rings (SSSR count). The molecule has 2 amide bonds. The van der Waals surface area contributed by atoms with Crippen molar-refractivity contribution in [1.82, 2.24) is 10.2 Å². The zero-order chi connectivity index (χ0) is 9.80. The Labute approximate surface area is 85.8 Å². The maximum Gasteiger partial charge on any atom is 0.317 e. The normalized spacial score (nSPS) is 23.0. The van der Waals surface area contributed by atoms with E-state index in [1.807, 2.05) is 4.90 Å². The van der Waals surface area contributed by atoms with Crippen molar-refractivity contribution in [3.63, 3.8) is 0 Å². The lowest BCUT2D eigenvalue weighted by Gasteiger charge is -2.30. The Morgan fingerprint density at radius 1 is 1.14 bits per heavy atom. The summed E-state index contributed by atoms with van der Waals surface area (Å²) in [4.78, 5) is 13.6. The highest BCUT2D eigenvalue weighted by atomic mass is 16.2. The van der Waals surface area contributed by atoms with Gasteiger partial charge in [-0.2, -0.15) is 0 Å². The molecule has 0 radical (unpaired) electrons. The van der Waals surface area contributed by atoms with Crippen LogP contribution in [0.5, 0.6) is 0 Å². The number of carbonyl (C=O) groups is 1. The first kappa shape index (κ1) is 9.81. The van der Waals surface area contributed by atoms with Crippen LogP contribution in [0, 0.1) is 5.92 Å². The largest absolute Gasteiger partial charge is 0.338 e. The number of nitrogens with zero attached hydrogens (tertiary/aromatic N) is 1. The summed E-state index contributed by atoms with van der Waals surface area (Å²) >= 11 is 0. The number of likely N-dealkylation sites (tertiary alicyclic amines) is 1. The second kappa shape index (κ2) is 4.67. The summed E-state index contributed by atoms with van der Waals surface area (Å²) in [5.74, 6) is 0.767. The van der Waals surface area contributed by atoms with E-state index in [1.54, 1.807) is 0 Å². The van der Waals surface area contributed by atoms with Crippen molar-refractivity contribution in [2.75, 3.05) is 19.6 Å². The minimum absolute atomic E-state index is 0.164. The summed E-state index contributed by atoms with van der Waals surface area (Å²) in [7, 11) is 0. The van der Waals surface area contributed by atoms with Crippen LogP contribution >= 0.6 is 0 Å². The van der Waals surface area contributed by atoms with Gasteiger partial charge in [0.2, 0.25) is 0 Å². The van der Waals surface area contributed by atoms with Gasteiger partial charge in [0.25, 0.3) is 0 Å². The van der Waals surface area contributed by atoms with E-state index >= 15 is 0 Å². The van der Waals surface area contributed by atoms with E-state index in [0.717, 1.165) is 25.6 Å². The zero-order valence-corrected chi connectivity index (χ0v) is 8.80. The van der Waals surface area contributed by atoms with E-state index in [1.165, 1.54) is 38.5 Å². The molecule has 0 atom stereocenters. The van der Waals surface area contributed by atoms with Crippen molar-refractivity contribution in [2.24, 2.45) is 5.92 Å². The van der Waals surface area contributed by atoms with Gasteiger partial charge < -0.3 is 10.2 Å². The number of hydrogen-bond acceptors (Lipinski definition) is 1. The summed E-state index contributed by atoms with van der Waals surface area (Å²) in [5, 5.41) is 3.04. The highest BCUT2D eigenvalue weighted by molar-refractivity contribution is 5.74. The van der Waals surface area contributed by atoms with Gasteiger partial charge in [-0.3, -0.25) is 0 Å². The molecule has 3 heteroatoms. The zero-order valence-electron chi connectivity index (χ0n) is 8.80. The van der Waals surface area contributed by atoms with Crippen LogP contribution in [-0.4, -0.2) is 30.6 Å². The van der Waals surface area contributed by atoms with Crippen molar-refractivity contribution >= 4 is 6.03 Å². The maximum atomic E-state index is 11.7. The summed E-state index contributed by atoms with van der Waals surface area (Å²) in [6, 6.07) is 0.164.